The lowest BCUT2D eigenvalue weighted by Crippen LogP contribution is -1.97. The maximum atomic E-state index is 6.79. The maximum Gasteiger partial charge on any atom is 0.161 e. The third-order valence-corrected chi connectivity index (χ3v) is 10.1. The van der Waals surface area contributed by atoms with Gasteiger partial charge in [-0.15, -0.1) is 0 Å². The first-order valence-electron chi connectivity index (χ1n) is 17.9. The van der Waals surface area contributed by atoms with E-state index in [9.17, 15) is 0 Å². The highest BCUT2D eigenvalue weighted by molar-refractivity contribution is 6.18. The van der Waals surface area contributed by atoms with Crippen LogP contribution in [0.15, 0.2) is 199 Å². The standard InChI is InChI=1S/C50H32N2O/c1-4-14-33(15-5-1)34-24-26-37(27-25-34)46-32-45(36-18-8-3-9-19-36)51-50(52-46)44-31-30-42(49-48(44)43-22-12-13-23-47(43)53-49)41-29-28-38(35-16-6-2-7-17-35)39-20-10-11-21-40(39)41/h1-32H. The first-order valence-corrected chi connectivity index (χ1v) is 17.9. The molecule has 0 aliphatic carbocycles. The minimum atomic E-state index is 0.654. The Morgan fingerprint density at radius 2 is 0.774 bits per heavy atom. The number of aromatic nitrogens is 2. The summed E-state index contributed by atoms with van der Waals surface area (Å²) in [5, 5.41) is 4.41. The molecule has 2 aromatic heterocycles. The molecule has 0 fully saturated rings. The summed E-state index contributed by atoms with van der Waals surface area (Å²) in [4.78, 5) is 10.5. The van der Waals surface area contributed by atoms with Crippen LogP contribution in [0.1, 0.15) is 0 Å². The van der Waals surface area contributed by atoms with Crippen LogP contribution in [0.5, 0.6) is 0 Å². The smallest absolute Gasteiger partial charge is 0.161 e. The average Bonchev–Trinajstić information content (AvgIpc) is 3.64. The largest absolute Gasteiger partial charge is 0.455 e. The quantitative estimate of drug-likeness (QED) is 0.176. The fraction of sp³-hybridized carbons (Fsp3) is 0. The Morgan fingerprint density at radius 3 is 1.45 bits per heavy atom. The van der Waals surface area contributed by atoms with Crippen LogP contribution < -0.4 is 0 Å². The number of benzene rings is 8. The van der Waals surface area contributed by atoms with Gasteiger partial charge in [-0.05, 0) is 62.9 Å². The highest BCUT2D eigenvalue weighted by atomic mass is 16.3. The van der Waals surface area contributed by atoms with Crippen LogP contribution in [0, 0.1) is 0 Å². The number of fused-ring (bicyclic) bond motifs is 4. The van der Waals surface area contributed by atoms with Gasteiger partial charge in [-0.25, -0.2) is 9.97 Å². The summed E-state index contributed by atoms with van der Waals surface area (Å²) in [5.74, 6) is 0.654. The van der Waals surface area contributed by atoms with Gasteiger partial charge in [0.05, 0.1) is 11.4 Å². The van der Waals surface area contributed by atoms with Gasteiger partial charge in [-0.1, -0.05) is 170 Å². The summed E-state index contributed by atoms with van der Waals surface area (Å²) < 4.78 is 6.79. The molecule has 0 aliphatic rings. The predicted molar refractivity (Wildman–Crippen MR) is 219 cm³/mol. The molecule has 0 saturated carbocycles. The van der Waals surface area contributed by atoms with Gasteiger partial charge in [-0.3, -0.25) is 0 Å². The summed E-state index contributed by atoms with van der Waals surface area (Å²) in [6.45, 7) is 0. The van der Waals surface area contributed by atoms with Crippen molar-refractivity contribution in [2.75, 3.05) is 0 Å². The van der Waals surface area contributed by atoms with Crippen LogP contribution in [0.4, 0.5) is 0 Å². The molecule has 53 heavy (non-hydrogen) atoms. The van der Waals surface area contributed by atoms with E-state index in [1.165, 1.54) is 33.0 Å². The van der Waals surface area contributed by atoms with Gasteiger partial charge in [0.15, 0.2) is 5.82 Å². The molecule has 3 nitrogen and oxygen atoms in total. The minimum absolute atomic E-state index is 0.654. The molecule has 8 aromatic carbocycles. The summed E-state index contributed by atoms with van der Waals surface area (Å²) in [7, 11) is 0. The second kappa shape index (κ2) is 12.9. The molecule has 0 spiro atoms. The maximum absolute atomic E-state index is 6.79. The molecule has 0 radical (unpaired) electrons. The number of nitrogens with zero attached hydrogens (tertiary/aromatic N) is 2. The van der Waals surface area contributed by atoms with Crippen molar-refractivity contribution in [1.82, 2.24) is 9.97 Å². The molecule has 0 amide bonds. The van der Waals surface area contributed by atoms with Crippen molar-refractivity contribution < 1.29 is 4.42 Å². The molecule has 0 saturated heterocycles. The second-order valence-corrected chi connectivity index (χ2v) is 13.3. The zero-order valence-corrected chi connectivity index (χ0v) is 28.8. The van der Waals surface area contributed by atoms with Crippen LogP contribution in [0.25, 0.3) is 100.0 Å². The monoisotopic (exact) mass is 676 g/mol. The minimum Gasteiger partial charge on any atom is -0.455 e. The van der Waals surface area contributed by atoms with E-state index in [1.807, 2.05) is 24.3 Å². The topological polar surface area (TPSA) is 38.9 Å². The van der Waals surface area contributed by atoms with E-state index >= 15 is 0 Å². The Morgan fingerprint density at radius 1 is 0.321 bits per heavy atom. The third-order valence-electron chi connectivity index (χ3n) is 10.1. The van der Waals surface area contributed by atoms with Crippen LogP contribution in [-0.4, -0.2) is 9.97 Å². The van der Waals surface area contributed by atoms with Crippen molar-refractivity contribution in [3.63, 3.8) is 0 Å². The Kier molecular flexibility index (Phi) is 7.47. The Hall–Kier alpha value is -7.10. The van der Waals surface area contributed by atoms with Crippen molar-refractivity contribution in [2.24, 2.45) is 0 Å². The second-order valence-electron chi connectivity index (χ2n) is 13.3. The van der Waals surface area contributed by atoms with Crippen molar-refractivity contribution >= 4 is 32.7 Å². The zero-order valence-electron chi connectivity index (χ0n) is 28.8. The molecule has 0 bridgehead atoms. The molecule has 0 aliphatic heterocycles. The number of hydrogen-bond acceptors (Lipinski definition) is 3. The van der Waals surface area contributed by atoms with E-state index in [-0.39, 0.29) is 0 Å². The number of para-hydroxylation sites is 1. The van der Waals surface area contributed by atoms with Gasteiger partial charge in [-0.2, -0.15) is 0 Å². The number of hydrogen-bond donors (Lipinski definition) is 0. The number of rotatable bonds is 6. The van der Waals surface area contributed by atoms with Crippen molar-refractivity contribution in [3.05, 3.63) is 194 Å². The molecule has 0 atom stereocenters. The first-order chi connectivity index (χ1) is 26.3. The van der Waals surface area contributed by atoms with Crippen molar-refractivity contribution in [2.45, 2.75) is 0 Å². The average molecular weight is 677 g/mol. The van der Waals surface area contributed by atoms with Crippen molar-refractivity contribution in [3.8, 4) is 67.3 Å². The summed E-state index contributed by atoms with van der Waals surface area (Å²) in [6, 6.07) is 67.8. The molecule has 10 rings (SSSR count). The third kappa shape index (κ3) is 5.47. The van der Waals surface area contributed by atoms with E-state index in [2.05, 4.69) is 170 Å². The van der Waals surface area contributed by atoms with Crippen LogP contribution in [0.2, 0.25) is 0 Å². The first kappa shape index (κ1) is 30.7. The van der Waals surface area contributed by atoms with E-state index in [0.717, 1.165) is 61.1 Å². The lowest BCUT2D eigenvalue weighted by atomic mass is 9.90. The van der Waals surface area contributed by atoms with E-state index in [4.69, 9.17) is 14.4 Å². The summed E-state index contributed by atoms with van der Waals surface area (Å²) in [6.07, 6.45) is 0. The van der Waals surface area contributed by atoms with Gasteiger partial charge < -0.3 is 4.42 Å². The fourth-order valence-electron chi connectivity index (χ4n) is 7.57. The van der Waals surface area contributed by atoms with Crippen LogP contribution in [-0.2, 0) is 0 Å². The lowest BCUT2D eigenvalue weighted by molar-refractivity contribution is 0.670. The number of furan rings is 1. The highest BCUT2D eigenvalue weighted by Gasteiger charge is 2.21. The lowest BCUT2D eigenvalue weighted by Gasteiger charge is -2.14. The van der Waals surface area contributed by atoms with Gasteiger partial charge >= 0.3 is 0 Å². The van der Waals surface area contributed by atoms with Gasteiger partial charge in [0.25, 0.3) is 0 Å². The molecule has 10 aromatic rings. The highest BCUT2D eigenvalue weighted by Crippen LogP contribution is 2.44. The molecule has 0 N–H and O–H groups in total. The molecule has 248 valence electrons. The van der Waals surface area contributed by atoms with E-state index in [0.29, 0.717) is 5.82 Å². The van der Waals surface area contributed by atoms with Gasteiger partial charge in [0, 0.05) is 33.0 Å². The molecule has 0 unspecified atom stereocenters. The summed E-state index contributed by atoms with van der Waals surface area (Å²) >= 11 is 0. The Labute approximate surface area is 307 Å². The van der Waals surface area contributed by atoms with E-state index < -0.39 is 0 Å². The normalized spacial score (nSPS) is 11.4. The van der Waals surface area contributed by atoms with Gasteiger partial charge in [0.2, 0.25) is 0 Å². The fourth-order valence-corrected chi connectivity index (χ4v) is 7.57. The molecular formula is C50H32N2O. The van der Waals surface area contributed by atoms with Crippen molar-refractivity contribution in [1.29, 1.82) is 0 Å². The Bertz CT molecular complexity index is 2910. The van der Waals surface area contributed by atoms with Crippen LogP contribution >= 0.6 is 0 Å². The van der Waals surface area contributed by atoms with Gasteiger partial charge in [0.1, 0.15) is 11.2 Å². The summed E-state index contributed by atoms with van der Waals surface area (Å²) in [5.41, 5.74) is 13.3. The van der Waals surface area contributed by atoms with Crippen LogP contribution in [0.3, 0.4) is 0 Å². The molecule has 2 heterocycles. The van der Waals surface area contributed by atoms with E-state index in [1.54, 1.807) is 0 Å². The molecule has 3 heteroatoms. The SMILES string of the molecule is c1ccc(-c2ccc(-c3cc(-c4ccccc4)nc(-c4ccc(-c5ccc(-c6ccccc6)c6ccccc56)c5oc6ccccc6c45)n3)cc2)cc1. The Balaban J connectivity index is 1.19. The zero-order chi connectivity index (χ0) is 35.1. The molecular weight excluding hydrogens is 645 g/mol. The predicted octanol–water partition coefficient (Wildman–Crippen LogP) is 13.5.